The molecule has 0 aromatic heterocycles. The highest BCUT2D eigenvalue weighted by molar-refractivity contribution is 5.78. The molecule has 136 valence electrons. The summed E-state index contributed by atoms with van der Waals surface area (Å²) < 4.78 is 5.13. The Kier molecular flexibility index (Phi) is 5.98. The number of rotatable bonds is 6. The van der Waals surface area contributed by atoms with Crippen molar-refractivity contribution < 1.29 is 14.3 Å². The molecule has 2 bridgehead atoms. The number of carbonyl (C=O) groups is 2. The first-order valence-electron chi connectivity index (χ1n) is 9.61. The second-order valence-corrected chi connectivity index (χ2v) is 7.45. The van der Waals surface area contributed by atoms with Crippen LogP contribution in [0.15, 0.2) is 0 Å². The van der Waals surface area contributed by atoms with Crippen LogP contribution in [0, 0.1) is 17.8 Å². The molecule has 24 heavy (non-hydrogen) atoms. The summed E-state index contributed by atoms with van der Waals surface area (Å²) in [5.41, 5.74) is 0. The number of likely N-dealkylation sites (tertiary alicyclic amines) is 1. The van der Waals surface area contributed by atoms with Crippen molar-refractivity contribution in [2.24, 2.45) is 17.8 Å². The van der Waals surface area contributed by atoms with Crippen LogP contribution < -0.4 is 10.6 Å². The van der Waals surface area contributed by atoms with Crippen LogP contribution in [0.3, 0.4) is 0 Å². The lowest BCUT2D eigenvalue weighted by atomic mass is 9.92. The van der Waals surface area contributed by atoms with Gasteiger partial charge in [0.2, 0.25) is 5.91 Å². The molecule has 2 atom stereocenters. The fraction of sp³-hybridized carbons (Fsp3) is 0.889. The summed E-state index contributed by atoms with van der Waals surface area (Å²) in [7, 11) is 0. The molecular weight excluding hydrogens is 306 g/mol. The number of piperidine rings is 1. The number of amides is 2. The average molecular weight is 337 g/mol. The number of carbonyl (C=O) groups excluding carboxylic acids is 2. The molecular formula is C18H31N3O3. The monoisotopic (exact) mass is 337 g/mol. The predicted octanol–water partition coefficient (Wildman–Crippen LogP) is 1.75. The number of nitrogens with one attached hydrogen (secondary N) is 2. The van der Waals surface area contributed by atoms with Gasteiger partial charge in [-0.15, -0.1) is 0 Å². The van der Waals surface area contributed by atoms with E-state index in [0.29, 0.717) is 31.0 Å². The van der Waals surface area contributed by atoms with Crippen LogP contribution in [0.4, 0.5) is 4.79 Å². The van der Waals surface area contributed by atoms with Crippen LogP contribution in [0.5, 0.6) is 0 Å². The lowest BCUT2D eigenvalue weighted by Gasteiger charge is -2.37. The third kappa shape index (κ3) is 4.02. The van der Waals surface area contributed by atoms with Gasteiger partial charge in [-0.1, -0.05) is 12.8 Å². The van der Waals surface area contributed by atoms with Crippen molar-refractivity contribution in [1.82, 2.24) is 15.5 Å². The van der Waals surface area contributed by atoms with Crippen LogP contribution in [0.1, 0.15) is 45.4 Å². The van der Waals surface area contributed by atoms with Crippen molar-refractivity contribution in [1.29, 1.82) is 0 Å². The van der Waals surface area contributed by atoms with Crippen LogP contribution in [0.2, 0.25) is 0 Å². The predicted molar refractivity (Wildman–Crippen MR) is 91.6 cm³/mol. The van der Waals surface area contributed by atoms with Gasteiger partial charge in [-0.2, -0.15) is 0 Å². The molecule has 0 radical (unpaired) electrons. The Morgan fingerprint density at radius 2 is 1.71 bits per heavy atom. The molecule has 3 aliphatic rings. The van der Waals surface area contributed by atoms with Gasteiger partial charge < -0.3 is 20.3 Å². The first kappa shape index (κ1) is 17.5. The number of fused-ring (bicyclic) bond motifs is 2. The molecule has 0 spiro atoms. The zero-order chi connectivity index (χ0) is 16.9. The SMILES string of the molecule is CCOC(=O)N1C[C@@H]2CC[C@@H](C1)C2NCCNC(=O)C1CCCC1. The Bertz CT molecular complexity index is 437. The lowest BCUT2D eigenvalue weighted by Crippen LogP contribution is -2.53. The highest BCUT2D eigenvalue weighted by atomic mass is 16.6. The van der Waals surface area contributed by atoms with Crippen molar-refractivity contribution >= 4 is 12.0 Å². The third-order valence-electron chi connectivity index (χ3n) is 5.89. The zero-order valence-electron chi connectivity index (χ0n) is 14.8. The fourth-order valence-electron chi connectivity index (χ4n) is 4.68. The summed E-state index contributed by atoms with van der Waals surface area (Å²) in [6, 6.07) is 0.471. The average Bonchev–Trinajstić information content (AvgIpc) is 3.18. The van der Waals surface area contributed by atoms with E-state index in [1.807, 2.05) is 11.8 Å². The van der Waals surface area contributed by atoms with E-state index in [1.54, 1.807) is 0 Å². The minimum Gasteiger partial charge on any atom is -0.450 e. The first-order chi connectivity index (χ1) is 11.7. The minimum atomic E-state index is -0.170. The molecule has 1 saturated heterocycles. The van der Waals surface area contributed by atoms with Crippen molar-refractivity contribution in [3.8, 4) is 0 Å². The van der Waals surface area contributed by atoms with E-state index < -0.39 is 0 Å². The Balaban J connectivity index is 1.38. The lowest BCUT2D eigenvalue weighted by molar-refractivity contribution is -0.124. The van der Waals surface area contributed by atoms with Gasteiger partial charge in [0.25, 0.3) is 0 Å². The van der Waals surface area contributed by atoms with Gasteiger partial charge in [0.05, 0.1) is 6.61 Å². The van der Waals surface area contributed by atoms with E-state index >= 15 is 0 Å². The molecule has 3 rings (SSSR count). The van der Waals surface area contributed by atoms with Crippen molar-refractivity contribution in [2.75, 3.05) is 32.8 Å². The third-order valence-corrected chi connectivity index (χ3v) is 5.89. The number of ether oxygens (including phenoxy) is 1. The van der Waals surface area contributed by atoms with E-state index in [4.69, 9.17) is 4.74 Å². The van der Waals surface area contributed by atoms with Crippen LogP contribution in [-0.2, 0) is 9.53 Å². The Morgan fingerprint density at radius 3 is 2.33 bits per heavy atom. The maximum Gasteiger partial charge on any atom is 0.409 e. The molecule has 2 aliphatic carbocycles. The van der Waals surface area contributed by atoms with E-state index in [0.717, 1.165) is 32.5 Å². The second kappa shape index (κ2) is 8.19. The fourth-order valence-corrected chi connectivity index (χ4v) is 4.68. The molecule has 0 aromatic rings. The molecule has 1 heterocycles. The zero-order valence-corrected chi connectivity index (χ0v) is 14.8. The topological polar surface area (TPSA) is 70.7 Å². The largest absolute Gasteiger partial charge is 0.450 e. The molecule has 6 heteroatoms. The van der Waals surface area contributed by atoms with Crippen molar-refractivity contribution in [2.45, 2.75) is 51.5 Å². The van der Waals surface area contributed by atoms with Gasteiger partial charge in [0.1, 0.15) is 0 Å². The maximum absolute atomic E-state index is 12.0. The molecule has 2 N–H and O–H groups in total. The normalized spacial score (nSPS) is 29.7. The van der Waals surface area contributed by atoms with Crippen molar-refractivity contribution in [3.05, 3.63) is 0 Å². The molecule has 1 aliphatic heterocycles. The maximum atomic E-state index is 12.0. The summed E-state index contributed by atoms with van der Waals surface area (Å²) in [5, 5.41) is 6.70. The highest BCUT2D eigenvalue weighted by Gasteiger charge is 2.43. The molecule has 0 aromatic carbocycles. The van der Waals surface area contributed by atoms with Gasteiger partial charge >= 0.3 is 6.09 Å². The van der Waals surface area contributed by atoms with Crippen molar-refractivity contribution in [3.63, 3.8) is 0 Å². The van der Waals surface area contributed by atoms with Gasteiger partial charge in [0.15, 0.2) is 0 Å². The van der Waals surface area contributed by atoms with E-state index in [2.05, 4.69) is 10.6 Å². The standard InChI is InChI=1S/C18H31N3O3/c1-2-24-18(23)21-11-14-7-8-15(12-21)16(14)19-9-10-20-17(22)13-5-3-4-6-13/h13-16,19H,2-12H2,1H3,(H,20,22)/t14-,15-/m0/s1. The van der Waals surface area contributed by atoms with Gasteiger partial charge in [-0.25, -0.2) is 4.79 Å². The molecule has 6 nitrogen and oxygen atoms in total. The minimum absolute atomic E-state index is 0.170. The van der Waals surface area contributed by atoms with Gasteiger partial charge in [-0.05, 0) is 44.4 Å². The van der Waals surface area contributed by atoms with Crippen LogP contribution in [-0.4, -0.2) is 55.7 Å². The summed E-state index contributed by atoms with van der Waals surface area (Å²) in [6.45, 7) is 5.39. The van der Waals surface area contributed by atoms with Crippen LogP contribution >= 0.6 is 0 Å². The van der Waals surface area contributed by atoms with Gasteiger partial charge in [0, 0.05) is 38.1 Å². The molecule has 2 amide bonds. The van der Waals surface area contributed by atoms with E-state index in [1.165, 1.54) is 25.7 Å². The van der Waals surface area contributed by atoms with Crippen LogP contribution in [0.25, 0.3) is 0 Å². The number of nitrogens with zero attached hydrogens (tertiary/aromatic N) is 1. The number of hydrogen-bond donors (Lipinski definition) is 2. The highest BCUT2D eigenvalue weighted by Crippen LogP contribution is 2.37. The first-order valence-corrected chi connectivity index (χ1v) is 9.61. The quantitative estimate of drug-likeness (QED) is 0.725. The summed E-state index contributed by atoms with van der Waals surface area (Å²) in [4.78, 5) is 25.8. The molecule has 2 saturated carbocycles. The summed E-state index contributed by atoms with van der Waals surface area (Å²) in [5.74, 6) is 1.50. The molecule has 0 unspecified atom stereocenters. The Labute approximate surface area is 144 Å². The molecule has 3 fully saturated rings. The summed E-state index contributed by atoms with van der Waals surface area (Å²) >= 11 is 0. The smallest absolute Gasteiger partial charge is 0.409 e. The Morgan fingerprint density at radius 1 is 1.04 bits per heavy atom. The second-order valence-electron chi connectivity index (χ2n) is 7.45. The Hall–Kier alpha value is -1.30. The number of hydrogen-bond acceptors (Lipinski definition) is 4. The summed E-state index contributed by atoms with van der Waals surface area (Å²) in [6.07, 6.45) is 6.67. The van der Waals surface area contributed by atoms with E-state index in [-0.39, 0.29) is 17.9 Å². The van der Waals surface area contributed by atoms with Gasteiger partial charge in [-0.3, -0.25) is 4.79 Å². The van der Waals surface area contributed by atoms with E-state index in [9.17, 15) is 9.59 Å².